The molecule has 3 rings (SSSR count). The smallest absolute Gasteiger partial charge is 0.270 e. The van der Waals surface area contributed by atoms with Crippen molar-refractivity contribution in [2.24, 2.45) is 13.0 Å². The molecule has 0 radical (unpaired) electrons. The minimum atomic E-state index is -0.290. The lowest BCUT2D eigenvalue weighted by Crippen LogP contribution is -2.36. The molecule has 0 bridgehead atoms. The van der Waals surface area contributed by atoms with E-state index in [9.17, 15) is 14.9 Å². The van der Waals surface area contributed by atoms with Crippen molar-refractivity contribution < 1.29 is 4.79 Å². The number of nitriles is 1. The largest absolute Gasteiger partial charge is 0.357 e. The Kier molecular flexibility index (Phi) is 8.77. The monoisotopic (exact) mass is 486 g/mol. The van der Waals surface area contributed by atoms with Gasteiger partial charge in [0.15, 0.2) is 0 Å². The van der Waals surface area contributed by atoms with Crippen LogP contribution in [0.3, 0.4) is 0 Å². The van der Waals surface area contributed by atoms with Gasteiger partial charge in [0.1, 0.15) is 21.8 Å². The molecule has 0 saturated carbocycles. The van der Waals surface area contributed by atoms with E-state index in [0.717, 1.165) is 63.0 Å². The molecule has 8 heteroatoms. The molecule has 0 spiro atoms. The van der Waals surface area contributed by atoms with E-state index in [0.29, 0.717) is 27.3 Å². The van der Waals surface area contributed by atoms with Gasteiger partial charge in [-0.1, -0.05) is 57.1 Å². The first-order valence-electron chi connectivity index (χ1n) is 12.0. The number of piperidine rings is 1. The lowest BCUT2D eigenvalue weighted by molar-refractivity contribution is -0.122. The van der Waals surface area contributed by atoms with E-state index >= 15 is 0 Å². The molecule has 1 atom stereocenters. The zero-order chi connectivity index (χ0) is 24.1. The molecule has 2 aliphatic heterocycles. The number of thioether (sulfide) groups is 1. The number of unbranched alkanes of at least 4 members (excludes halogenated alkanes) is 1. The summed E-state index contributed by atoms with van der Waals surface area (Å²) in [5.74, 6) is 1.15. The molecule has 0 aromatic carbocycles. The van der Waals surface area contributed by atoms with Gasteiger partial charge in [-0.2, -0.15) is 5.26 Å². The van der Waals surface area contributed by atoms with Crippen LogP contribution in [0.2, 0.25) is 0 Å². The summed E-state index contributed by atoms with van der Waals surface area (Å²) in [4.78, 5) is 30.7. The molecule has 0 N–H and O–H groups in total. The predicted molar refractivity (Wildman–Crippen MR) is 140 cm³/mol. The van der Waals surface area contributed by atoms with Gasteiger partial charge in [0.2, 0.25) is 0 Å². The summed E-state index contributed by atoms with van der Waals surface area (Å²) in [6.45, 7) is 8.51. The Morgan fingerprint density at radius 1 is 1.21 bits per heavy atom. The number of amides is 1. The first-order chi connectivity index (χ1) is 15.8. The zero-order valence-electron chi connectivity index (χ0n) is 20.1. The van der Waals surface area contributed by atoms with Crippen molar-refractivity contribution in [1.82, 2.24) is 9.47 Å². The molecular formula is C25H34N4O2S2. The van der Waals surface area contributed by atoms with Crippen molar-refractivity contribution >= 4 is 46.1 Å². The number of anilines is 1. The summed E-state index contributed by atoms with van der Waals surface area (Å²) in [7, 11) is 1.72. The normalized spacial score (nSPS) is 18.8. The number of hydrogen-bond donors (Lipinski definition) is 0. The lowest BCUT2D eigenvalue weighted by atomic mass is 9.99. The molecule has 6 nitrogen and oxygen atoms in total. The van der Waals surface area contributed by atoms with Gasteiger partial charge >= 0.3 is 0 Å². The molecule has 1 unspecified atom stereocenters. The third-order valence-corrected chi connectivity index (χ3v) is 8.13. The van der Waals surface area contributed by atoms with E-state index in [1.54, 1.807) is 23.4 Å². The second-order valence-corrected chi connectivity index (χ2v) is 10.6. The molecule has 1 amide bonds. The van der Waals surface area contributed by atoms with Crippen LogP contribution in [0.1, 0.15) is 75.5 Å². The SMILES string of the molecule is CCCCC(CC)CN1C(=O)/C(=C\c2c(C)c(C#N)c(=O)n(C)c2N2CCCCC2)SC1=S. The van der Waals surface area contributed by atoms with Gasteiger partial charge in [-0.15, -0.1) is 0 Å². The summed E-state index contributed by atoms with van der Waals surface area (Å²) in [6, 6.07) is 2.07. The van der Waals surface area contributed by atoms with E-state index in [1.165, 1.54) is 18.2 Å². The maximum Gasteiger partial charge on any atom is 0.270 e. The molecule has 1 aromatic rings. The molecule has 33 heavy (non-hydrogen) atoms. The fraction of sp³-hybridized carbons (Fsp3) is 0.600. The highest BCUT2D eigenvalue weighted by Gasteiger charge is 2.34. The molecule has 3 heterocycles. The number of carbonyl (C=O) groups excluding carboxylic acids is 1. The fourth-order valence-electron chi connectivity index (χ4n) is 4.66. The van der Waals surface area contributed by atoms with Crippen LogP contribution in [0.4, 0.5) is 5.82 Å². The topological polar surface area (TPSA) is 69.3 Å². The summed E-state index contributed by atoms with van der Waals surface area (Å²) in [5.41, 5.74) is 1.24. The Morgan fingerprint density at radius 3 is 2.52 bits per heavy atom. The van der Waals surface area contributed by atoms with Gasteiger partial charge in [0.25, 0.3) is 11.5 Å². The quantitative estimate of drug-likeness (QED) is 0.382. The summed E-state index contributed by atoms with van der Waals surface area (Å²) >= 11 is 6.91. The van der Waals surface area contributed by atoms with Crippen LogP contribution in [0.25, 0.3) is 6.08 Å². The highest BCUT2D eigenvalue weighted by atomic mass is 32.2. The maximum atomic E-state index is 13.4. The van der Waals surface area contributed by atoms with Gasteiger partial charge in [-0.25, -0.2) is 0 Å². The van der Waals surface area contributed by atoms with Crippen LogP contribution < -0.4 is 10.5 Å². The van der Waals surface area contributed by atoms with Crippen LogP contribution in [-0.2, 0) is 11.8 Å². The minimum Gasteiger partial charge on any atom is -0.357 e. The van der Waals surface area contributed by atoms with Crippen molar-refractivity contribution in [2.45, 2.75) is 65.7 Å². The standard InChI is InChI=1S/C25H34N4O2S2/c1-5-7-11-18(6-2)16-29-24(31)21(33-25(29)32)14-19-17(3)20(15-26)23(30)27(4)22(19)28-12-9-8-10-13-28/h14,18H,5-13,16H2,1-4H3/b21-14+. The number of pyridine rings is 1. The Balaban J connectivity index is 2.02. The minimum absolute atomic E-state index is 0.0729. The number of thiocarbonyl (C=S) groups is 1. The van der Waals surface area contributed by atoms with Gasteiger partial charge < -0.3 is 4.90 Å². The van der Waals surface area contributed by atoms with E-state index in [2.05, 4.69) is 24.8 Å². The highest BCUT2D eigenvalue weighted by molar-refractivity contribution is 8.26. The zero-order valence-corrected chi connectivity index (χ0v) is 21.8. The van der Waals surface area contributed by atoms with Crippen LogP contribution in [0, 0.1) is 24.2 Å². The van der Waals surface area contributed by atoms with Crippen LogP contribution in [0.15, 0.2) is 9.70 Å². The molecule has 178 valence electrons. The third-order valence-electron chi connectivity index (χ3n) is 6.76. The second kappa shape index (κ2) is 11.3. The van der Waals surface area contributed by atoms with Gasteiger partial charge in [-0.3, -0.25) is 19.1 Å². The average Bonchev–Trinajstić information content (AvgIpc) is 3.08. The maximum absolute atomic E-state index is 13.4. The van der Waals surface area contributed by atoms with Crippen LogP contribution >= 0.6 is 24.0 Å². The predicted octanol–water partition coefficient (Wildman–Crippen LogP) is 4.97. The number of hydrogen-bond acceptors (Lipinski definition) is 6. The second-order valence-electron chi connectivity index (χ2n) is 8.97. The number of aromatic nitrogens is 1. The molecule has 0 aliphatic carbocycles. The van der Waals surface area contributed by atoms with Crippen molar-refractivity contribution in [1.29, 1.82) is 5.26 Å². The number of nitrogens with zero attached hydrogens (tertiary/aromatic N) is 4. The number of rotatable bonds is 8. The van der Waals surface area contributed by atoms with Crippen molar-refractivity contribution in [3.8, 4) is 6.07 Å². The van der Waals surface area contributed by atoms with Crippen LogP contribution in [-0.4, -0.2) is 39.3 Å². The lowest BCUT2D eigenvalue weighted by Gasteiger charge is -2.32. The number of carbonyl (C=O) groups is 1. The molecule has 2 fully saturated rings. The molecule has 1 aromatic heterocycles. The van der Waals surface area contributed by atoms with Gasteiger partial charge in [-0.05, 0) is 50.2 Å². The summed E-state index contributed by atoms with van der Waals surface area (Å²) in [5, 5.41) is 9.64. The average molecular weight is 487 g/mol. The molecule has 2 aliphatic rings. The first-order valence-corrected chi connectivity index (χ1v) is 13.2. The Bertz CT molecular complexity index is 1050. The molecular weight excluding hydrogens is 452 g/mol. The Hall–Kier alpha value is -2.11. The fourth-order valence-corrected chi connectivity index (χ4v) is 5.92. The van der Waals surface area contributed by atoms with Gasteiger partial charge in [0, 0.05) is 32.2 Å². The summed E-state index contributed by atoms with van der Waals surface area (Å²) in [6.07, 6.45) is 9.54. The molecule has 2 saturated heterocycles. The van der Waals surface area contributed by atoms with Crippen molar-refractivity contribution in [3.05, 3.63) is 31.9 Å². The Labute approximate surface area is 206 Å². The van der Waals surface area contributed by atoms with Crippen molar-refractivity contribution in [2.75, 3.05) is 24.5 Å². The van der Waals surface area contributed by atoms with E-state index in [4.69, 9.17) is 12.2 Å². The van der Waals surface area contributed by atoms with E-state index < -0.39 is 0 Å². The highest BCUT2D eigenvalue weighted by Crippen LogP contribution is 2.37. The van der Waals surface area contributed by atoms with E-state index in [-0.39, 0.29) is 17.0 Å². The summed E-state index contributed by atoms with van der Waals surface area (Å²) < 4.78 is 2.16. The van der Waals surface area contributed by atoms with Gasteiger partial charge in [0.05, 0.1) is 4.91 Å². The van der Waals surface area contributed by atoms with Crippen molar-refractivity contribution in [3.63, 3.8) is 0 Å². The van der Waals surface area contributed by atoms with Crippen LogP contribution in [0.5, 0.6) is 0 Å². The Morgan fingerprint density at radius 2 is 1.91 bits per heavy atom. The third kappa shape index (κ3) is 5.36. The van der Waals surface area contributed by atoms with E-state index in [1.807, 2.05) is 6.08 Å². The first kappa shape index (κ1) is 25.5.